The van der Waals surface area contributed by atoms with E-state index in [4.69, 9.17) is 5.73 Å². The van der Waals surface area contributed by atoms with Crippen molar-refractivity contribution in [1.82, 2.24) is 10.2 Å². The molecule has 2 heterocycles. The molecule has 4 heteroatoms. The number of nitrogens with two attached hydrogens (primary N) is 1. The lowest BCUT2D eigenvalue weighted by atomic mass is 10.0. The van der Waals surface area contributed by atoms with E-state index in [0.717, 1.165) is 37.4 Å². The minimum absolute atomic E-state index is 0.339. The lowest BCUT2D eigenvalue weighted by Gasteiger charge is -2.31. The summed E-state index contributed by atoms with van der Waals surface area (Å²) < 4.78 is 0. The first-order valence-electron chi connectivity index (χ1n) is 6.48. The Hall–Kier alpha value is -1.68. The van der Waals surface area contributed by atoms with Gasteiger partial charge < -0.3 is 10.6 Å². The fraction of sp³-hybridized carbons (Fsp3) is 0.429. The third-order valence-corrected chi connectivity index (χ3v) is 3.69. The normalized spacial score (nSPS) is 17.3. The molecule has 3 rings (SSSR count). The number of aromatic nitrogens is 2. The van der Waals surface area contributed by atoms with Gasteiger partial charge in [0.2, 0.25) is 0 Å². The Morgan fingerprint density at radius 2 is 1.78 bits per heavy atom. The highest BCUT2D eigenvalue weighted by atomic mass is 15.3. The van der Waals surface area contributed by atoms with Crippen molar-refractivity contribution in [3.63, 3.8) is 0 Å². The molecule has 1 saturated heterocycles. The predicted molar refractivity (Wildman–Crippen MR) is 73.7 cm³/mol. The fourth-order valence-corrected chi connectivity index (χ4v) is 2.57. The molecule has 1 fully saturated rings. The van der Waals surface area contributed by atoms with Crippen LogP contribution in [0.1, 0.15) is 18.5 Å². The zero-order valence-electron chi connectivity index (χ0n) is 10.6. The Labute approximate surface area is 107 Å². The van der Waals surface area contributed by atoms with Gasteiger partial charge in [-0.2, -0.15) is 5.10 Å². The first-order chi connectivity index (χ1) is 8.75. The van der Waals surface area contributed by atoms with E-state index in [1.165, 1.54) is 10.8 Å². The molecule has 94 valence electrons. The lowest BCUT2D eigenvalue weighted by molar-refractivity contribution is 0.498. The summed E-state index contributed by atoms with van der Waals surface area (Å²) in [5, 5.41) is 11.1. The van der Waals surface area contributed by atoms with Crippen molar-refractivity contribution >= 4 is 16.6 Å². The Bertz CT molecular complexity index is 559. The number of rotatable bonds is 1. The Balaban J connectivity index is 2.04. The van der Waals surface area contributed by atoms with Crippen LogP contribution >= 0.6 is 0 Å². The maximum absolute atomic E-state index is 5.95. The zero-order chi connectivity index (χ0) is 12.5. The number of benzene rings is 1. The molecule has 0 saturated carbocycles. The van der Waals surface area contributed by atoms with Gasteiger partial charge in [0, 0.05) is 29.9 Å². The molecule has 0 spiro atoms. The van der Waals surface area contributed by atoms with Crippen LogP contribution in [-0.4, -0.2) is 29.3 Å². The molecule has 0 radical (unpaired) electrons. The monoisotopic (exact) mass is 242 g/mol. The quantitative estimate of drug-likeness (QED) is 0.829. The highest BCUT2D eigenvalue weighted by Gasteiger charge is 2.19. The molecule has 1 aromatic carbocycles. The summed E-state index contributed by atoms with van der Waals surface area (Å²) in [6.07, 6.45) is 2.06. The molecule has 18 heavy (non-hydrogen) atoms. The summed E-state index contributed by atoms with van der Waals surface area (Å²) in [5.74, 6) is 1.00. The SMILES string of the molecule is Cc1nnc(N2CCC(N)CC2)c2ccccc12. The average Bonchev–Trinajstić information content (AvgIpc) is 2.41. The molecule has 1 aromatic heterocycles. The van der Waals surface area contributed by atoms with Gasteiger partial charge in [-0.15, -0.1) is 5.10 Å². The zero-order valence-corrected chi connectivity index (χ0v) is 10.6. The predicted octanol–water partition coefficient (Wildman–Crippen LogP) is 1.87. The van der Waals surface area contributed by atoms with Crippen molar-refractivity contribution in [2.45, 2.75) is 25.8 Å². The van der Waals surface area contributed by atoms with Crippen molar-refractivity contribution < 1.29 is 0 Å². The van der Waals surface area contributed by atoms with Gasteiger partial charge in [0.05, 0.1) is 5.69 Å². The van der Waals surface area contributed by atoms with E-state index in [1.54, 1.807) is 0 Å². The van der Waals surface area contributed by atoms with Gasteiger partial charge in [0.25, 0.3) is 0 Å². The second-order valence-corrected chi connectivity index (χ2v) is 4.98. The van der Waals surface area contributed by atoms with Crippen molar-refractivity contribution in [2.24, 2.45) is 5.73 Å². The van der Waals surface area contributed by atoms with E-state index in [9.17, 15) is 0 Å². The van der Waals surface area contributed by atoms with E-state index in [1.807, 2.05) is 13.0 Å². The highest BCUT2D eigenvalue weighted by molar-refractivity contribution is 5.93. The summed E-state index contributed by atoms with van der Waals surface area (Å²) in [7, 11) is 0. The van der Waals surface area contributed by atoms with Gasteiger partial charge in [0.15, 0.2) is 5.82 Å². The largest absolute Gasteiger partial charge is 0.354 e. The Kier molecular flexibility index (Phi) is 2.88. The van der Waals surface area contributed by atoms with Crippen LogP contribution < -0.4 is 10.6 Å². The molecule has 1 aliphatic rings. The number of piperidine rings is 1. The molecule has 0 bridgehead atoms. The minimum atomic E-state index is 0.339. The van der Waals surface area contributed by atoms with Crippen molar-refractivity contribution in [3.05, 3.63) is 30.0 Å². The van der Waals surface area contributed by atoms with Crippen molar-refractivity contribution in [3.8, 4) is 0 Å². The number of hydrogen-bond acceptors (Lipinski definition) is 4. The van der Waals surface area contributed by atoms with E-state index in [0.29, 0.717) is 6.04 Å². The van der Waals surface area contributed by atoms with Crippen LogP contribution in [-0.2, 0) is 0 Å². The standard InChI is InChI=1S/C14H18N4/c1-10-12-4-2-3-5-13(12)14(17-16-10)18-8-6-11(15)7-9-18/h2-5,11H,6-9,15H2,1H3. The summed E-state index contributed by atoms with van der Waals surface area (Å²) in [6, 6.07) is 8.68. The van der Waals surface area contributed by atoms with E-state index >= 15 is 0 Å². The summed E-state index contributed by atoms with van der Waals surface area (Å²) in [5.41, 5.74) is 6.94. The first-order valence-corrected chi connectivity index (χ1v) is 6.48. The number of nitrogens with zero attached hydrogens (tertiary/aromatic N) is 3. The van der Waals surface area contributed by atoms with Crippen LogP contribution in [0, 0.1) is 6.92 Å². The fourth-order valence-electron chi connectivity index (χ4n) is 2.57. The van der Waals surface area contributed by atoms with E-state index in [-0.39, 0.29) is 0 Å². The summed E-state index contributed by atoms with van der Waals surface area (Å²) in [4.78, 5) is 2.30. The number of aryl methyl sites for hydroxylation is 1. The molecule has 4 nitrogen and oxygen atoms in total. The summed E-state index contributed by atoms with van der Waals surface area (Å²) >= 11 is 0. The van der Waals surface area contributed by atoms with Gasteiger partial charge in [-0.05, 0) is 19.8 Å². The first kappa shape index (κ1) is 11.4. The molecule has 0 aliphatic carbocycles. The Morgan fingerprint density at radius 3 is 2.50 bits per heavy atom. The van der Waals surface area contributed by atoms with Gasteiger partial charge in [-0.1, -0.05) is 24.3 Å². The summed E-state index contributed by atoms with van der Waals surface area (Å²) in [6.45, 7) is 3.96. The van der Waals surface area contributed by atoms with E-state index < -0.39 is 0 Å². The van der Waals surface area contributed by atoms with Crippen LogP contribution in [0.15, 0.2) is 24.3 Å². The molecule has 0 unspecified atom stereocenters. The molecule has 0 atom stereocenters. The number of fused-ring (bicyclic) bond motifs is 1. The van der Waals surface area contributed by atoms with Crippen LogP contribution in [0.3, 0.4) is 0 Å². The van der Waals surface area contributed by atoms with Crippen molar-refractivity contribution in [2.75, 3.05) is 18.0 Å². The van der Waals surface area contributed by atoms with Crippen molar-refractivity contribution in [1.29, 1.82) is 0 Å². The molecule has 1 aliphatic heterocycles. The molecule has 0 amide bonds. The van der Waals surface area contributed by atoms with E-state index in [2.05, 4.69) is 33.3 Å². The third-order valence-electron chi connectivity index (χ3n) is 3.69. The van der Waals surface area contributed by atoms with Crippen LogP contribution in [0.25, 0.3) is 10.8 Å². The smallest absolute Gasteiger partial charge is 0.159 e. The van der Waals surface area contributed by atoms with Crippen LogP contribution in [0.2, 0.25) is 0 Å². The number of anilines is 1. The molecular weight excluding hydrogens is 224 g/mol. The number of hydrogen-bond donors (Lipinski definition) is 1. The second-order valence-electron chi connectivity index (χ2n) is 4.98. The lowest BCUT2D eigenvalue weighted by Crippen LogP contribution is -2.40. The van der Waals surface area contributed by atoms with Crippen LogP contribution in [0.5, 0.6) is 0 Å². The third kappa shape index (κ3) is 1.93. The average molecular weight is 242 g/mol. The molecular formula is C14H18N4. The van der Waals surface area contributed by atoms with Gasteiger partial charge in [-0.3, -0.25) is 0 Å². The molecule has 2 N–H and O–H groups in total. The maximum Gasteiger partial charge on any atom is 0.159 e. The van der Waals surface area contributed by atoms with Gasteiger partial charge in [0.1, 0.15) is 0 Å². The Morgan fingerprint density at radius 1 is 1.11 bits per heavy atom. The highest BCUT2D eigenvalue weighted by Crippen LogP contribution is 2.27. The minimum Gasteiger partial charge on any atom is -0.354 e. The van der Waals surface area contributed by atoms with Gasteiger partial charge >= 0.3 is 0 Å². The molecule has 2 aromatic rings. The topological polar surface area (TPSA) is 55.0 Å². The second kappa shape index (κ2) is 4.53. The maximum atomic E-state index is 5.95. The van der Waals surface area contributed by atoms with Crippen LogP contribution in [0.4, 0.5) is 5.82 Å². The van der Waals surface area contributed by atoms with Gasteiger partial charge in [-0.25, -0.2) is 0 Å².